The molecule has 1 aromatic carbocycles. The van der Waals surface area contributed by atoms with Crippen LogP contribution in [0.3, 0.4) is 0 Å². The molecule has 0 bridgehead atoms. The number of amides is 2. The summed E-state index contributed by atoms with van der Waals surface area (Å²) in [5, 5.41) is 2.52. The number of carbonyl (C=O) groups is 2. The van der Waals surface area contributed by atoms with Gasteiger partial charge in [-0.25, -0.2) is 0 Å². The number of hydrogen-bond acceptors (Lipinski definition) is 2. The number of carbonyl (C=O) groups excluding carboxylic acids is 2. The van der Waals surface area contributed by atoms with Crippen LogP contribution in [0.2, 0.25) is 0 Å². The van der Waals surface area contributed by atoms with E-state index < -0.39 is 0 Å². The molecule has 0 aliphatic heterocycles. The standard InChI is InChI=1S/C13H17BrN2O2/c1-4-16(8-12(17)15-3)13(18)10-6-5-9(2)7-11(10)14/h5-7H,4,8H2,1-3H3,(H,15,17). The highest BCUT2D eigenvalue weighted by Gasteiger charge is 2.18. The largest absolute Gasteiger partial charge is 0.358 e. The van der Waals surface area contributed by atoms with Gasteiger partial charge in [-0.3, -0.25) is 9.59 Å². The van der Waals surface area contributed by atoms with E-state index in [0.717, 1.165) is 10.0 Å². The van der Waals surface area contributed by atoms with Crippen LogP contribution < -0.4 is 5.32 Å². The molecule has 0 saturated carbocycles. The number of benzene rings is 1. The van der Waals surface area contributed by atoms with Crippen molar-refractivity contribution >= 4 is 27.7 Å². The lowest BCUT2D eigenvalue weighted by Gasteiger charge is -2.20. The lowest BCUT2D eigenvalue weighted by atomic mass is 10.1. The maximum absolute atomic E-state index is 12.3. The SMILES string of the molecule is CCN(CC(=O)NC)C(=O)c1ccc(C)cc1Br. The van der Waals surface area contributed by atoms with Crippen LogP contribution >= 0.6 is 15.9 Å². The number of nitrogens with zero attached hydrogens (tertiary/aromatic N) is 1. The first-order chi connectivity index (χ1) is 8.49. The molecule has 0 aliphatic carbocycles. The monoisotopic (exact) mass is 312 g/mol. The Kier molecular flexibility index (Phi) is 5.34. The number of aryl methyl sites for hydroxylation is 1. The summed E-state index contributed by atoms with van der Waals surface area (Å²) in [7, 11) is 1.56. The van der Waals surface area contributed by atoms with Gasteiger partial charge in [-0.2, -0.15) is 0 Å². The summed E-state index contributed by atoms with van der Waals surface area (Å²) in [6, 6.07) is 5.54. The summed E-state index contributed by atoms with van der Waals surface area (Å²) in [5.41, 5.74) is 1.65. The molecule has 1 aromatic rings. The van der Waals surface area contributed by atoms with Gasteiger partial charge in [0.15, 0.2) is 0 Å². The van der Waals surface area contributed by atoms with Gasteiger partial charge in [-0.15, -0.1) is 0 Å². The van der Waals surface area contributed by atoms with Crippen molar-refractivity contribution in [2.75, 3.05) is 20.1 Å². The van der Waals surface area contributed by atoms with E-state index in [-0.39, 0.29) is 18.4 Å². The molecule has 5 heteroatoms. The van der Waals surface area contributed by atoms with Crippen LogP contribution in [-0.4, -0.2) is 36.9 Å². The van der Waals surface area contributed by atoms with Crippen molar-refractivity contribution < 1.29 is 9.59 Å². The van der Waals surface area contributed by atoms with Gasteiger partial charge in [0.2, 0.25) is 5.91 Å². The first kappa shape index (κ1) is 14.7. The third-order valence-electron chi connectivity index (χ3n) is 2.64. The lowest BCUT2D eigenvalue weighted by Crippen LogP contribution is -2.39. The van der Waals surface area contributed by atoms with Crippen LogP contribution in [0.15, 0.2) is 22.7 Å². The normalized spacial score (nSPS) is 10.0. The van der Waals surface area contributed by atoms with Crippen molar-refractivity contribution in [1.29, 1.82) is 0 Å². The molecule has 0 fully saturated rings. The van der Waals surface area contributed by atoms with E-state index in [0.29, 0.717) is 12.1 Å². The van der Waals surface area contributed by atoms with E-state index >= 15 is 0 Å². The first-order valence-electron chi connectivity index (χ1n) is 5.75. The molecule has 18 heavy (non-hydrogen) atoms. The van der Waals surface area contributed by atoms with Crippen molar-refractivity contribution in [3.63, 3.8) is 0 Å². The van der Waals surface area contributed by atoms with E-state index in [1.807, 2.05) is 26.0 Å². The number of halogens is 1. The topological polar surface area (TPSA) is 49.4 Å². The van der Waals surface area contributed by atoms with Crippen molar-refractivity contribution in [3.8, 4) is 0 Å². The molecule has 0 saturated heterocycles. The minimum absolute atomic E-state index is 0.0755. The van der Waals surface area contributed by atoms with Crippen molar-refractivity contribution in [2.24, 2.45) is 0 Å². The van der Waals surface area contributed by atoms with E-state index in [9.17, 15) is 9.59 Å². The molecule has 0 spiro atoms. The first-order valence-corrected chi connectivity index (χ1v) is 6.54. The molecule has 4 nitrogen and oxygen atoms in total. The Morgan fingerprint density at radius 1 is 1.39 bits per heavy atom. The van der Waals surface area contributed by atoms with Crippen LogP contribution in [0, 0.1) is 6.92 Å². The van der Waals surface area contributed by atoms with E-state index in [1.54, 1.807) is 13.1 Å². The molecule has 0 radical (unpaired) electrons. The predicted octanol–water partition coefficient (Wildman–Crippen LogP) is 1.97. The second-order valence-electron chi connectivity index (χ2n) is 3.98. The third kappa shape index (κ3) is 3.57. The number of hydrogen-bond donors (Lipinski definition) is 1. The Hall–Kier alpha value is -1.36. The second-order valence-corrected chi connectivity index (χ2v) is 4.83. The zero-order chi connectivity index (χ0) is 13.7. The summed E-state index contributed by atoms with van der Waals surface area (Å²) >= 11 is 3.38. The summed E-state index contributed by atoms with van der Waals surface area (Å²) in [6.45, 7) is 4.38. The van der Waals surface area contributed by atoms with Crippen LogP contribution in [0.4, 0.5) is 0 Å². The van der Waals surface area contributed by atoms with E-state index in [1.165, 1.54) is 4.90 Å². The van der Waals surface area contributed by atoms with Gasteiger partial charge < -0.3 is 10.2 Å². The molecule has 0 aromatic heterocycles. The van der Waals surface area contributed by atoms with Crippen molar-refractivity contribution in [2.45, 2.75) is 13.8 Å². The highest BCUT2D eigenvalue weighted by Crippen LogP contribution is 2.20. The Balaban J connectivity index is 2.93. The lowest BCUT2D eigenvalue weighted by molar-refractivity contribution is -0.121. The van der Waals surface area contributed by atoms with Crippen LogP contribution in [-0.2, 0) is 4.79 Å². The van der Waals surface area contributed by atoms with Gasteiger partial charge in [-0.05, 0) is 47.5 Å². The Bertz CT molecular complexity index is 460. The molecular formula is C13H17BrN2O2. The average molecular weight is 313 g/mol. The molecule has 0 aliphatic rings. The average Bonchev–Trinajstić information content (AvgIpc) is 2.34. The molecular weight excluding hydrogens is 296 g/mol. The molecule has 2 amide bonds. The van der Waals surface area contributed by atoms with Gasteiger partial charge in [0.05, 0.1) is 12.1 Å². The zero-order valence-corrected chi connectivity index (χ0v) is 12.4. The Morgan fingerprint density at radius 2 is 2.06 bits per heavy atom. The highest BCUT2D eigenvalue weighted by atomic mass is 79.9. The fourth-order valence-corrected chi connectivity index (χ4v) is 2.21. The van der Waals surface area contributed by atoms with Crippen molar-refractivity contribution in [1.82, 2.24) is 10.2 Å². The van der Waals surface area contributed by atoms with Gasteiger partial charge >= 0.3 is 0 Å². The zero-order valence-electron chi connectivity index (χ0n) is 10.8. The minimum Gasteiger partial charge on any atom is -0.358 e. The van der Waals surface area contributed by atoms with Gasteiger partial charge in [-0.1, -0.05) is 6.07 Å². The second kappa shape index (κ2) is 6.54. The highest BCUT2D eigenvalue weighted by molar-refractivity contribution is 9.10. The number of likely N-dealkylation sites (N-methyl/N-ethyl adjacent to an activating group) is 2. The fraction of sp³-hybridized carbons (Fsp3) is 0.385. The van der Waals surface area contributed by atoms with Gasteiger partial charge in [0.25, 0.3) is 5.91 Å². The number of nitrogens with one attached hydrogen (secondary N) is 1. The summed E-state index contributed by atoms with van der Waals surface area (Å²) in [5.74, 6) is -0.318. The maximum Gasteiger partial charge on any atom is 0.255 e. The predicted molar refractivity (Wildman–Crippen MR) is 74.5 cm³/mol. The number of rotatable bonds is 4. The van der Waals surface area contributed by atoms with Crippen molar-refractivity contribution in [3.05, 3.63) is 33.8 Å². The van der Waals surface area contributed by atoms with E-state index in [4.69, 9.17) is 0 Å². The molecule has 1 rings (SSSR count). The molecule has 1 N–H and O–H groups in total. The summed E-state index contributed by atoms with van der Waals surface area (Å²) in [4.78, 5) is 25.1. The quantitative estimate of drug-likeness (QED) is 0.924. The Labute approximate surface area is 115 Å². The molecule has 0 heterocycles. The van der Waals surface area contributed by atoms with Crippen LogP contribution in [0.5, 0.6) is 0 Å². The van der Waals surface area contributed by atoms with Gasteiger partial charge in [0.1, 0.15) is 0 Å². The smallest absolute Gasteiger partial charge is 0.255 e. The van der Waals surface area contributed by atoms with E-state index in [2.05, 4.69) is 21.2 Å². The minimum atomic E-state index is -0.173. The third-order valence-corrected chi connectivity index (χ3v) is 3.29. The van der Waals surface area contributed by atoms with Crippen LogP contribution in [0.1, 0.15) is 22.8 Å². The van der Waals surface area contributed by atoms with Gasteiger partial charge in [0, 0.05) is 18.1 Å². The molecule has 0 atom stereocenters. The fourth-order valence-electron chi connectivity index (χ4n) is 1.54. The Morgan fingerprint density at radius 3 is 2.56 bits per heavy atom. The summed E-state index contributed by atoms with van der Waals surface area (Å²) in [6.07, 6.45) is 0. The molecule has 98 valence electrons. The molecule has 0 unspecified atom stereocenters. The summed E-state index contributed by atoms with van der Waals surface area (Å²) < 4.78 is 0.753. The van der Waals surface area contributed by atoms with Crippen LogP contribution in [0.25, 0.3) is 0 Å². The maximum atomic E-state index is 12.3.